The van der Waals surface area contributed by atoms with Crippen LogP contribution in [0.5, 0.6) is 0 Å². The van der Waals surface area contributed by atoms with Crippen molar-refractivity contribution >= 4 is 5.91 Å². The van der Waals surface area contributed by atoms with E-state index in [-0.39, 0.29) is 17.8 Å². The summed E-state index contributed by atoms with van der Waals surface area (Å²) in [5, 5.41) is 0. The fourth-order valence-electron chi connectivity index (χ4n) is 3.66. The first-order valence-corrected chi connectivity index (χ1v) is 9.01. The normalized spacial score (nSPS) is 24.6. The van der Waals surface area contributed by atoms with E-state index in [9.17, 15) is 9.18 Å². The molecule has 2 aliphatic rings. The number of hydrogen-bond acceptors (Lipinski definition) is 4. The molecule has 2 atom stereocenters. The molecule has 1 aromatic carbocycles. The minimum absolute atomic E-state index is 0.0918. The Labute approximate surface area is 148 Å². The van der Waals surface area contributed by atoms with Gasteiger partial charge in [0.15, 0.2) is 0 Å². The summed E-state index contributed by atoms with van der Waals surface area (Å²) in [5.74, 6) is 0.283. The second-order valence-corrected chi connectivity index (χ2v) is 6.89. The van der Waals surface area contributed by atoms with Crippen molar-refractivity contribution in [2.24, 2.45) is 5.92 Å². The molecule has 0 aliphatic carbocycles. The van der Waals surface area contributed by atoms with Crippen LogP contribution in [0.1, 0.15) is 12.0 Å². The van der Waals surface area contributed by atoms with Crippen molar-refractivity contribution in [1.29, 1.82) is 0 Å². The minimum atomic E-state index is -0.276. The van der Waals surface area contributed by atoms with E-state index in [2.05, 4.69) is 4.90 Å². The first kappa shape index (κ1) is 18.3. The molecule has 1 aromatic rings. The summed E-state index contributed by atoms with van der Waals surface area (Å²) >= 11 is 0. The molecule has 0 radical (unpaired) electrons. The van der Waals surface area contributed by atoms with Gasteiger partial charge in [0, 0.05) is 45.8 Å². The summed E-state index contributed by atoms with van der Waals surface area (Å²) in [6, 6.07) is 6.15. The van der Waals surface area contributed by atoms with Crippen LogP contribution in [0.15, 0.2) is 24.3 Å². The zero-order chi connectivity index (χ0) is 17.6. The van der Waals surface area contributed by atoms with Crippen LogP contribution in [0.3, 0.4) is 0 Å². The first-order valence-electron chi connectivity index (χ1n) is 9.01. The fourth-order valence-corrected chi connectivity index (χ4v) is 3.66. The molecule has 0 saturated carbocycles. The van der Waals surface area contributed by atoms with Crippen LogP contribution in [0.2, 0.25) is 0 Å². The zero-order valence-electron chi connectivity index (χ0n) is 14.8. The topological polar surface area (TPSA) is 42.0 Å². The molecule has 25 heavy (non-hydrogen) atoms. The molecule has 2 saturated heterocycles. The number of carbonyl (C=O) groups is 1. The Morgan fingerprint density at radius 1 is 1.28 bits per heavy atom. The Hall–Kier alpha value is -1.50. The molecule has 1 amide bonds. The van der Waals surface area contributed by atoms with E-state index < -0.39 is 0 Å². The van der Waals surface area contributed by atoms with Crippen molar-refractivity contribution in [3.63, 3.8) is 0 Å². The lowest BCUT2D eigenvalue weighted by Crippen LogP contribution is -2.49. The highest BCUT2D eigenvalue weighted by molar-refractivity contribution is 5.78. The van der Waals surface area contributed by atoms with Gasteiger partial charge < -0.3 is 14.4 Å². The Morgan fingerprint density at radius 2 is 2.08 bits per heavy atom. The van der Waals surface area contributed by atoms with Crippen LogP contribution in [0.25, 0.3) is 0 Å². The van der Waals surface area contributed by atoms with Gasteiger partial charge in [0.1, 0.15) is 5.82 Å². The van der Waals surface area contributed by atoms with Gasteiger partial charge in [-0.05, 0) is 24.1 Å². The third-order valence-electron chi connectivity index (χ3n) is 5.16. The van der Waals surface area contributed by atoms with Crippen LogP contribution in [-0.2, 0) is 20.7 Å². The van der Waals surface area contributed by atoms with Crippen molar-refractivity contribution in [2.75, 3.05) is 53.0 Å². The average Bonchev–Trinajstić information content (AvgIpc) is 2.83. The molecule has 0 N–H and O–H groups in total. The number of fused-ring (bicyclic) bond motifs is 1. The van der Waals surface area contributed by atoms with Crippen molar-refractivity contribution in [3.8, 4) is 0 Å². The monoisotopic (exact) mass is 350 g/mol. The SMILES string of the molecule is COCCN1CCO[C@@H]2CN(C(=O)Cc3ccc(F)cc3)CC[C@@H]2C1. The first-order chi connectivity index (χ1) is 12.2. The van der Waals surface area contributed by atoms with Crippen molar-refractivity contribution in [1.82, 2.24) is 9.80 Å². The van der Waals surface area contributed by atoms with Gasteiger partial charge in [-0.3, -0.25) is 9.69 Å². The van der Waals surface area contributed by atoms with Gasteiger partial charge in [0.25, 0.3) is 0 Å². The highest BCUT2D eigenvalue weighted by atomic mass is 19.1. The minimum Gasteiger partial charge on any atom is -0.383 e. The zero-order valence-corrected chi connectivity index (χ0v) is 14.8. The van der Waals surface area contributed by atoms with Crippen LogP contribution in [0, 0.1) is 11.7 Å². The predicted molar refractivity (Wildman–Crippen MR) is 92.8 cm³/mol. The lowest BCUT2D eigenvalue weighted by Gasteiger charge is -2.38. The van der Waals surface area contributed by atoms with E-state index in [0.29, 0.717) is 25.5 Å². The summed E-state index contributed by atoms with van der Waals surface area (Å²) in [5.41, 5.74) is 0.848. The maximum Gasteiger partial charge on any atom is 0.227 e. The van der Waals surface area contributed by atoms with Crippen molar-refractivity contribution in [3.05, 3.63) is 35.6 Å². The van der Waals surface area contributed by atoms with E-state index in [0.717, 1.165) is 44.8 Å². The quantitative estimate of drug-likeness (QED) is 0.808. The van der Waals surface area contributed by atoms with E-state index in [1.165, 1.54) is 12.1 Å². The number of hydrogen-bond donors (Lipinski definition) is 0. The third kappa shape index (κ3) is 5.00. The molecule has 0 bridgehead atoms. The lowest BCUT2D eigenvalue weighted by molar-refractivity contribution is -0.136. The Balaban J connectivity index is 1.53. The number of rotatable bonds is 5. The number of ether oxygens (including phenoxy) is 2. The number of amides is 1. The number of carbonyl (C=O) groups excluding carboxylic acids is 1. The Morgan fingerprint density at radius 3 is 2.84 bits per heavy atom. The highest BCUT2D eigenvalue weighted by Gasteiger charge is 2.34. The van der Waals surface area contributed by atoms with Gasteiger partial charge in [-0.1, -0.05) is 12.1 Å². The number of halogens is 1. The number of likely N-dealkylation sites (tertiary alicyclic amines) is 1. The highest BCUT2D eigenvalue weighted by Crippen LogP contribution is 2.24. The molecule has 2 fully saturated rings. The molecular formula is C19H27FN2O3. The van der Waals surface area contributed by atoms with Crippen LogP contribution in [0.4, 0.5) is 4.39 Å². The number of methoxy groups -OCH3 is 1. The van der Waals surface area contributed by atoms with E-state index in [4.69, 9.17) is 9.47 Å². The average molecular weight is 350 g/mol. The maximum atomic E-state index is 13.0. The van der Waals surface area contributed by atoms with Gasteiger partial charge in [0.2, 0.25) is 5.91 Å². The van der Waals surface area contributed by atoms with Crippen LogP contribution >= 0.6 is 0 Å². The summed E-state index contributed by atoms with van der Waals surface area (Å²) < 4.78 is 24.2. The van der Waals surface area contributed by atoms with Crippen LogP contribution < -0.4 is 0 Å². The summed E-state index contributed by atoms with van der Waals surface area (Å²) in [6.45, 7) is 5.71. The second-order valence-electron chi connectivity index (χ2n) is 6.89. The predicted octanol–water partition coefficient (Wildman–Crippen LogP) is 1.56. The number of benzene rings is 1. The molecule has 0 aromatic heterocycles. The van der Waals surface area contributed by atoms with E-state index in [1.54, 1.807) is 19.2 Å². The molecule has 6 heteroatoms. The number of piperidine rings is 1. The summed E-state index contributed by atoms with van der Waals surface area (Å²) in [4.78, 5) is 16.9. The third-order valence-corrected chi connectivity index (χ3v) is 5.16. The molecular weight excluding hydrogens is 323 g/mol. The molecule has 2 aliphatic heterocycles. The van der Waals surface area contributed by atoms with Gasteiger partial charge in [-0.15, -0.1) is 0 Å². The Kier molecular flexibility index (Phi) is 6.39. The smallest absolute Gasteiger partial charge is 0.227 e. The van der Waals surface area contributed by atoms with Crippen LogP contribution in [-0.4, -0.2) is 74.9 Å². The molecule has 3 rings (SSSR count). The number of nitrogens with zero attached hydrogens (tertiary/aromatic N) is 2. The molecule has 138 valence electrons. The largest absolute Gasteiger partial charge is 0.383 e. The molecule has 2 heterocycles. The Bertz CT molecular complexity index is 566. The second kappa shape index (κ2) is 8.74. The molecule has 0 unspecified atom stereocenters. The fraction of sp³-hybridized carbons (Fsp3) is 0.632. The standard InChI is InChI=1S/C19H27FN2O3/c1-24-10-8-21-9-11-25-18-14-22(7-6-16(18)13-21)19(23)12-15-2-4-17(20)5-3-15/h2-5,16,18H,6-14H2,1H3/t16-,18-/m1/s1. The van der Waals surface area contributed by atoms with E-state index in [1.807, 2.05) is 4.90 Å². The molecule has 5 nitrogen and oxygen atoms in total. The lowest BCUT2D eigenvalue weighted by atomic mass is 9.93. The van der Waals surface area contributed by atoms with Crippen molar-refractivity contribution in [2.45, 2.75) is 18.9 Å². The summed E-state index contributed by atoms with van der Waals surface area (Å²) in [6.07, 6.45) is 1.39. The van der Waals surface area contributed by atoms with Crippen molar-refractivity contribution < 1.29 is 18.7 Å². The maximum absolute atomic E-state index is 13.0. The van der Waals surface area contributed by atoms with Gasteiger partial charge in [-0.25, -0.2) is 4.39 Å². The summed E-state index contributed by atoms with van der Waals surface area (Å²) in [7, 11) is 1.72. The van der Waals surface area contributed by atoms with Gasteiger partial charge >= 0.3 is 0 Å². The van der Waals surface area contributed by atoms with Gasteiger partial charge in [-0.2, -0.15) is 0 Å². The van der Waals surface area contributed by atoms with Gasteiger partial charge in [0.05, 0.1) is 25.7 Å². The molecule has 0 spiro atoms. The van der Waals surface area contributed by atoms with E-state index >= 15 is 0 Å².